The van der Waals surface area contributed by atoms with Crippen LogP contribution in [0.2, 0.25) is 5.02 Å². The summed E-state index contributed by atoms with van der Waals surface area (Å²) in [7, 11) is 0. The second-order valence-electron chi connectivity index (χ2n) is 5.09. The Morgan fingerprint density at radius 2 is 2.10 bits per heavy atom. The molecule has 0 bridgehead atoms. The van der Waals surface area contributed by atoms with E-state index < -0.39 is 11.4 Å². The van der Waals surface area contributed by atoms with Gasteiger partial charge in [0.1, 0.15) is 16.6 Å². The first-order valence-corrected chi connectivity index (χ1v) is 6.77. The Morgan fingerprint density at radius 1 is 1.38 bits per heavy atom. The summed E-state index contributed by atoms with van der Waals surface area (Å²) in [6.45, 7) is 0. The molecule has 1 aliphatic rings. The summed E-state index contributed by atoms with van der Waals surface area (Å²) in [6.07, 6.45) is 3.30. The Morgan fingerprint density at radius 3 is 2.76 bits per heavy atom. The lowest BCUT2D eigenvalue weighted by atomic mass is 10.1. The molecule has 7 nitrogen and oxygen atoms in total. The maximum Gasteiger partial charge on any atom is 0.341 e. The van der Waals surface area contributed by atoms with Crippen LogP contribution in [-0.4, -0.2) is 31.1 Å². The van der Waals surface area contributed by atoms with Gasteiger partial charge in [-0.2, -0.15) is 15.4 Å². The minimum atomic E-state index is -1.25. The number of aromatic carboxylic acids is 1. The van der Waals surface area contributed by atoms with Gasteiger partial charge in [0.15, 0.2) is 0 Å². The molecule has 2 aromatic heterocycles. The second-order valence-corrected chi connectivity index (χ2v) is 5.50. The number of nitrogens with zero attached hydrogens (tertiary/aromatic N) is 3. The van der Waals surface area contributed by atoms with Crippen LogP contribution in [0.1, 0.15) is 29.2 Å². The number of H-pyrrole nitrogens is 1. The number of carboxylic acid groups (broad SMARTS) is 1. The molecule has 0 unspecified atom stereocenters. The van der Waals surface area contributed by atoms with Gasteiger partial charge in [-0.15, -0.1) is 0 Å². The molecular weight excluding hydrogens is 296 g/mol. The minimum Gasteiger partial charge on any atom is -0.477 e. The van der Waals surface area contributed by atoms with Crippen molar-refractivity contribution in [1.82, 2.24) is 20.0 Å². The molecule has 0 saturated heterocycles. The van der Waals surface area contributed by atoms with Crippen LogP contribution < -0.4 is 5.43 Å². The summed E-state index contributed by atoms with van der Waals surface area (Å²) in [5.74, 6) is -1.25. The lowest BCUT2D eigenvalue weighted by Crippen LogP contribution is -2.19. The van der Waals surface area contributed by atoms with E-state index in [0.29, 0.717) is 21.6 Å². The van der Waals surface area contributed by atoms with Gasteiger partial charge in [-0.3, -0.25) is 4.79 Å². The standard InChI is InChI=1S/C13H9ClN4O3/c14-7-3-8-9(11-10(7)15-17-16-11)12(19)6(13(20)21)4-18(8)5-1-2-5/h3-5H,1-2H2,(H,20,21)(H,15,16,17). The fourth-order valence-corrected chi connectivity index (χ4v) is 2.83. The third kappa shape index (κ3) is 1.67. The molecule has 3 aromatic rings. The van der Waals surface area contributed by atoms with E-state index in [1.165, 1.54) is 6.20 Å². The van der Waals surface area contributed by atoms with Crippen LogP contribution in [0, 0.1) is 0 Å². The number of benzene rings is 1. The van der Waals surface area contributed by atoms with Crippen molar-refractivity contribution in [2.45, 2.75) is 18.9 Å². The molecule has 8 heteroatoms. The lowest BCUT2D eigenvalue weighted by Gasteiger charge is -2.11. The van der Waals surface area contributed by atoms with Crippen LogP contribution in [0.5, 0.6) is 0 Å². The molecule has 0 atom stereocenters. The zero-order valence-electron chi connectivity index (χ0n) is 10.6. The van der Waals surface area contributed by atoms with Crippen molar-refractivity contribution in [3.63, 3.8) is 0 Å². The molecule has 1 aromatic carbocycles. The van der Waals surface area contributed by atoms with Gasteiger partial charge in [-0.25, -0.2) is 4.79 Å². The van der Waals surface area contributed by atoms with Crippen molar-refractivity contribution in [3.05, 3.63) is 33.1 Å². The number of pyridine rings is 1. The number of carboxylic acids is 1. The summed E-state index contributed by atoms with van der Waals surface area (Å²) in [4.78, 5) is 23.8. The number of carbonyl (C=O) groups is 1. The number of hydrogen-bond acceptors (Lipinski definition) is 4. The highest BCUT2D eigenvalue weighted by Gasteiger charge is 2.28. The highest BCUT2D eigenvalue weighted by molar-refractivity contribution is 6.36. The molecular formula is C13H9ClN4O3. The molecule has 0 amide bonds. The molecule has 1 saturated carbocycles. The number of aromatic nitrogens is 4. The second kappa shape index (κ2) is 4.05. The number of aromatic amines is 1. The van der Waals surface area contributed by atoms with E-state index in [-0.39, 0.29) is 17.0 Å². The molecule has 0 radical (unpaired) electrons. The van der Waals surface area contributed by atoms with E-state index in [4.69, 9.17) is 11.6 Å². The Hall–Kier alpha value is -2.41. The summed E-state index contributed by atoms with van der Waals surface area (Å²) in [6, 6.07) is 1.85. The molecule has 1 fully saturated rings. The van der Waals surface area contributed by atoms with Gasteiger partial charge >= 0.3 is 5.97 Å². The predicted molar refractivity (Wildman–Crippen MR) is 75.9 cm³/mol. The van der Waals surface area contributed by atoms with E-state index in [2.05, 4.69) is 15.4 Å². The molecule has 106 valence electrons. The highest BCUT2D eigenvalue weighted by Crippen LogP contribution is 2.38. The molecule has 0 aliphatic heterocycles. The smallest absolute Gasteiger partial charge is 0.341 e. The van der Waals surface area contributed by atoms with Gasteiger partial charge in [0.2, 0.25) is 5.43 Å². The number of nitrogens with one attached hydrogen (secondary N) is 1. The topological polar surface area (TPSA) is 101 Å². The SMILES string of the molecule is O=C(O)c1cn(C2CC2)c2cc(Cl)c3n[nH]nc3c2c1=O. The molecule has 2 N–H and O–H groups in total. The van der Waals surface area contributed by atoms with Gasteiger partial charge in [0, 0.05) is 12.2 Å². The Kier molecular flexibility index (Phi) is 2.38. The predicted octanol–water partition coefficient (Wildman–Crippen LogP) is 1.96. The van der Waals surface area contributed by atoms with E-state index in [9.17, 15) is 14.7 Å². The monoisotopic (exact) mass is 304 g/mol. The number of hydrogen-bond donors (Lipinski definition) is 2. The molecule has 21 heavy (non-hydrogen) atoms. The third-order valence-electron chi connectivity index (χ3n) is 3.72. The quantitative estimate of drug-likeness (QED) is 0.753. The van der Waals surface area contributed by atoms with E-state index in [1.54, 1.807) is 10.6 Å². The van der Waals surface area contributed by atoms with Crippen LogP contribution in [0.15, 0.2) is 17.1 Å². The fraction of sp³-hybridized carbons (Fsp3) is 0.231. The van der Waals surface area contributed by atoms with Gasteiger partial charge in [0.25, 0.3) is 0 Å². The first kappa shape index (κ1) is 12.3. The third-order valence-corrected chi connectivity index (χ3v) is 4.01. The van der Waals surface area contributed by atoms with E-state index in [1.807, 2.05) is 0 Å². The lowest BCUT2D eigenvalue weighted by molar-refractivity contribution is 0.0695. The average Bonchev–Trinajstić information content (AvgIpc) is 3.15. The van der Waals surface area contributed by atoms with Gasteiger partial charge in [-0.05, 0) is 18.9 Å². The van der Waals surface area contributed by atoms with Gasteiger partial charge < -0.3 is 9.67 Å². The maximum atomic E-state index is 12.5. The average molecular weight is 305 g/mol. The molecule has 1 aliphatic carbocycles. The number of fused-ring (bicyclic) bond motifs is 3. The largest absolute Gasteiger partial charge is 0.477 e. The number of halogens is 1. The van der Waals surface area contributed by atoms with Crippen LogP contribution in [0.4, 0.5) is 0 Å². The number of rotatable bonds is 2. The van der Waals surface area contributed by atoms with Crippen molar-refractivity contribution in [3.8, 4) is 0 Å². The van der Waals surface area contributed by atoms with E-state index >= 15 is 0 Å². The normalized spacial score (nSPS) is 14.9. The van der Waals surface area contributed by atoms with Crippen LogP contribution in [0.3, 0.4) is 0 Å². The van der Waals surface area contributed by atoms with Crippen molar-refractivity contribution >= 4 is 39.5 Å². The van der Waals surface area contributed by atoms with E-state index in [0.717, 1.165) is 12.8 Å². The fourth-order valence-electron chi connectivity index (χ4n) is 2.59. The van der Waals surface area contributed by atoms with Crippen LogP contribution >= 0.6 is 11.6 Å². The minimum absolute atomic E-state index is 0.201. The van der Waals surface area contributed by atoms with Crippen molar-refractivity contribution in [2.75, 3.05) is 0 Å². The summed E-state index contributed by atoms with van der Waals surface area (Å²) < 4.78 is 1.81. The summed E-state index contributed by atoms with van der Waals surface area (Å²) in [5.41, 5.74) is 0.441. The Labute approximate surface area is 122 Å². The first-order chi connectivity index (χ1) is 10.1. The Bertz CT molecular complexity index is 971. The van der Waals surface area contributed by atoms with Crippen LogP contribution in [0.25, 0.3) is 21.9 Å². The summed E-state index contributed by atoms with van der Waals surface area (Å²) in [5, 5.41) is 20.2. The first-order valence-electron chi connectivity index (χ1n) is 6.39. The molecule has 0 spiro atoms. The van der Waals surface area contributed by atoms with Gasteiger partial charge in [-0.1, -0.05) is 11.6 Å². The van der Waals surface area contributed by atoms with Gasteiger partial charge in [0.05, 0.1) is 15.9 Å². The zero-order chi connectivity index (χ0) is 14.7. The highest BCUT2D eigenvalue weighted by atomic mass is 35.5. The zero-order valence-corrected chi connectivity index (χ0v) is 11.4. The maximum absolute atomic E-state index is 12.5. The Balaban J connectivity index is 2.28. The van der Waals surface area contributed by atoms with Crippen molar-refractivity contribution < 1.29 is 9.90 Å². The summed E-state index contributed by atoms with van der Waals surface area (Å²) >= 11 is 6.17. The van der Waals surface area contributed by atoms with Crippen molar-refractivity contribution in [2.24, 2.45) is 0 Å². The molecule has 2 heterocycles. The van der Waals surface area contributed by atoms with Crippen molar-refractivity contribution in [1.29, 1.82) is 0 Å². The van der Waals surface area contributed by atoms with Crippen LogP contribution in [-0.2, 0) is 0 Å². The molecule has 4 rings (SSSR count).